The van der Waals surface area contributed by atoms with Gasteiger partial charge in [0.1, 0.15) is 0 Å². The summed E-state index contributed by atoms with van der Waals surface area (Å²) in [6, 6.07) is 17.3. The molecule has 1 aliphatic rings. The van der Waals surface area contributed by atoms with Gasteiger partial charge in [0.05, 0.1) is 46.4 Å². The number of nitrogens with zero attached hydrogens (tertiary/aromatic N) is 3. The number of carbonyl (C=O) groups excluding carboxylic acids is 1. The van der Waals surface area contributed by atoms with Gasteiger partial charge in [-0.15, -0.1) is 0 Å². The standard InChI is InChI=1S/C26H27ClN4O2/c1-17-25(27)18(2)31(30-17)23-11-9-22(10-12-23)29-26(32)19-7-13-24(14-8-19)33-16-21-6-4-3-5-20(21)15-28/h3-6,9-12,19,24H,7-8,13-14,16H2,1-2H3,(H,29,32). The van der Waals surface area contributed by atoms with E-state index in [1.54, 1.807) is 10.7 Å². The number of rotatable bonds is 6. The second-order valence-corrected chi connectivity index (χ2v) is 8.86. The molecule has 0 atom stereocenters. The minimum absolute atomic E-state index is 0.0225. The van der Waals surface area contributed by atoms with Gasteiger partial charge in [-0.3, -0.25) is 4.79 Å². The van der Waals surface area contributed by atoms with Gasteiger partial charge in [-0.25, -0.2) is 4.68 Å². The number of nitrogens with one attached hydrogen (secondary N) is 1. The van der Waals surface area contributed by atoms with Gasteiger partial charge in [-0.2, -0.15) is 10.4 Å². The van der Waals surface area contributed by atoms with Crippen molar-refractivity contribution in [3.8, 4) is 11.8 Å². The minimum Gasteiger partial charge on any atom is -0.373 e. The SMILES string of the molecule is Cc1nn(-c2ccc(NC(=O)C3CCC(OCc4ccccc4C#N)CC3)cc2)c(C)c1Cl. The summed E-state index contributed by atoms with van der Waals surface area (Å²) in [5.41, 5.74) is 4.91. The van der Waals surface area contributed by atoms with Crippen molar-refractivity contribution >= 4 is 23.2 Å². The molecule has 1 amide bonds. The summed E-state index contributed by atoms with van der Waals surface area (Å²) < 4.78 is 7.84. The molecule has 33 heavy (non-hydrogen) atoms. The Labute approximate surface area is 199 Å². The van der Waals surface area contributed by atoms with Crippen molar-refractivity contribution in [1.82, 2.24) is 9.78 Å². The minimum atomic E-state index is -0.0225. The van der Waals surface area contributed by atoms with Gasteiger partial charge in [0, 0.05) is 11.6 Å². The molecule has 4 rings (SSSR count). The third-order valence-electron chi connectivity index (χ3n) is 6.24. The average molecular weight is 463 g/mol. The smallest absolute Gasteiger partial charge is 0.227 e. The molecule has 0 unspecified atom stereocenters. The summed E-state index contributed by atoms with van der Waals surface area (Å²) in [7, 11) is 0. The third-order valence-corrected chi connectivity index (χ3v) is 6.79. The van der Waals surface area contributed by atoms with Crippen LogP contribution >= 0.6 is 11.6 Å². The Morgan fingerprint density at radius 2 is 1.85 bits per heavy atom. The Hall–Kier alpha value is -3.14. The van der Waals surface area contributed by atoms with Crippen molar-refractivity contribution in [1.29, 1.82) is 5.26 Å². The van der Waals surface area contributed by atoms with E-state index in [9.17, 15) is 10.1 Å². The van der Waals surface area contributed by atoms with Crippen molar-refractivity contribution in [3.63, 3.8) is 0 Å². The largest absolute Gasteiger partial charge is 0.373 e. The molecule has 1 aliphatic carbocycles. The molecule has 0 radical (unpaired) electrons. The molecule has 1 aromatic heterocycles. The maximum Gasteiger partial charge on any atom is 0.227 e. The summed E-state index contributed by atoms with van der Waals surface area (Å²) in [5.74, 6) is 0.0240. The molecule has 6 nitrogen and oxygen atoms in total. The Morgan fingerprint density at radius 1 is 1.15 bits per heavy atom. The highest BCUT2D eigenvalue weighted by atomic mass is 35.5. The Kier molecular flexibility index (Phi) is 7.12. The molecule has 0 saturated heterocycles. The van der Waals surface area contributed by atoms with Crippen LogP contribution < -0.4 is 5.32 Å². The molecule has 1 heterocycles. The van der Waals surface area contributed by atoms with Crippen molar-refractivity contribution in [2.75, 3.05) is 5.32 Å². The molecule has 3 aromatic rings. The number of ether oxygens (including phenoxy) is 1. The number of benzene rings is 2. The molecular weight excluding hydrogens is 436 g/mol. The molecule has 0 bridgehead atoms. The number of nitriles is 1. The van der Waals surface area contributed by atoms with E-state index in [0.717, 1.165) is 54.0 Å². The molecule has 0 aliphatic heterocycles. The molecule has 0 spiro atoms. The molecular formula is C26H27ClN4O2. The number of halogens is 1. The van der Waals surface area contributed by atoms with Crippen LogP contribution in [0.4, 0.5) is 5.69 Å². The van der Waals surface area contributed by atoms with Crippen LogP contribution in [0.15, 0.2) is 48.5 Å². The van der Waals surface area contributed by atoms with Crippen LogP contribution in [-0.2, 0) is 16.1 Å². The first-order valence-corrected chi connectivity index (χ1v) is 11.6. The molecule has 7 heteroatoms. The lowest BCUT2D eigenvalue weighted by molar-refractivity contribution is -0.121. The van der Waals surface area contributed by atoms with Crippen LogP contribution in [0.2, 0.25) is 5.02 Å². The zero-order valence-corrected chi connectivity index (χ0v) is 19.6. The third kappa shape index (κ3) is 5.27. The van der Waals surface area contributed by atoms with Crippen LogP contribution in [-0.4, -0.2) is 21.8 Å². The van der Waals surface area contributed by atoms with Crippen LogP contribution in [0.25, 0.3) is 5.69 Å². The summed E-state index contributed by atoms with van der Waals surface area (Å²) in [6.07, 6.45) is 3.37. The van der Waals surface area contributed by atoms with Crippen LogP contribution in [0.1, 0.15) is 48.2 Å². The normalized spacial score (nSPS) is 18.0. The van der Waals surface area contributed by atoms with E-state index in [1.807, 2.05) is 56.3 Å². The quantitative estimate of drug-likeness (QED) is 0.507. The van der Waals surface area contributed by atoms with Gasteiger partial charge >= 0.3 is 0 Å². The van der Waals surface area contributed by atoms with Crippen molar-refractivity contribution in [3.05, 3.63) is 76.1 Å². The van der Waals surface area contributed by atoms with Gasteiger partial charge in [0.25, 0.3) is 0 Å². The molecule has 170 valence electrons. The summed E-state index contributed by atoms with van der Waals surface area (Å²) in [4.78, 5) is 12.8. The second-order valence-electron chi connectivity index (χ2n) is 8.49. The highest BCUT2D eigenvalue weighted by molar-refractivity contribution is 6.31. The average Bonchev–Trinajstić information content (AvgIpc) is 3.11. The van der Waals surface area contributed by atoms with E-state index < -0.39 is 0 Å². The Balaban J connectivity index is 1.28. The molecule has 1 N–H and O–H groups in total. The lowest BCUT2D eigenvalue weighted by Crippen LogP contribution is -2.30. The zero-order valence-electron chi connectivity index (χ0n) is 18.8. The van der Waals surface area contributed by atoms with Crippen LogP contribution in [0.5, 0.6) is 0 Å². The van der Waals surface area contributed by atoms with Crippen molar-refractivity contribution in [2.24, 2.45) is 5.92 Å². The fourth-order valence-electron chi connectivity index (χ4n) is 4.26. The van der Waals surface area contributed by atoms with Gasteiger partial charge in [0.15, 0.2) is 0 Å². The summed E-state index contributed by atoms with van der Waals surface area (Å²) in [5, 5.41) is 17.4. The van der Waals surface area contributed by atoms with E-state index in [-0.39, 0.29) is 17.9 Å². The lowest BCUT2D eigenvalue weighted by atomic mass is 9.86. The van der Waals surface area contributed by atoms with Crippen molar-refractivity contribution < 1.29 is 9.53 Å². The Bertz CT molecular complexity index is 1170. The number of aryl methyl sites for hydroxylation is 1. The molecule has 1 saturated carbocycles. The highest BCUT2D eigenvalue weighted by Gasteiger charge is 2.27. The monoisotopic (exact) mass is 462 g/mol. The first-order valence-electron chi connectivity index (χ1n) is 11.2. The Morgan fingerprint density at radius 3 is 2.48 bits per heavy atom. The maximum absolute atomic E-state index is 12.8. The molecule has 2 aromatic carbocycles. The van der Waals surface area contributed by atoms with E-state index in [1.165, 1.54) is 0 Å². The van der Waals surface area contributed by atoms with Gasteiger partial charge in [0.2, 0.25) is 5.91 Å². The number of aromatic nitrogens is 2. The van der Waals surface area contributed by atoms with Gasteiger partial charge in [-0.05, 0) is 75.4 Å². The van der Waals surface area contributed by atoms with E-state index in [2.05, 4.69) is 16.5 Å². The van der Waals surface area contributed by atoms with Crippen LogP contribution in [0, 0.1) is 31.1 Å². The fraction of sp³-hybridized carbons (Fsp3) is 0.346. The lowest BCUT2D eigenvalue weighted by Gasteiger charge is -2.28. The maximum atomic E-state index is 12.8. The first-order chi connectivity index (χ1) is 16.0. The number of hydrogen-bond acceptors (Lipinski definition) is 4. The topological polar surface area (TPSA) is 79.9 Å². The second kappa shape index (κ2) is 10.2. The van der Waals surface area contributed by atoms with Crippen molar-refractivity contribution in [2.45, 2.75) is 52.2 Å². The summed E-state index contributed by atoms with van der Waals surface area (Å²) >= 11 is 6.25. The number of amides is 1. The van der Waals surface area contributed by atoms with Gasteiger partial charge in [-0.1, -0.05) is 29.8 Å². The predicted octanol–water partition coefficient (Wildman–Crippen LogP) is 5.73. The van der Waals surface area contributed by atoms with Gasteiger partial charge < -0.3 is 10.1 Å². The predicted molar refractivity (Wildman–Crippen MR) is 128 cm³/mol. The first kappa shape index (κ1) is 23.0. The number of hydrogen-bond donors (Lipinski definition) is 1. The van der Waals surface area contributed by atoms with Crippen LogP contribution in [0.3, 0.4) is 0 Å². The van der Waals surface area contributed by atoms with E-state index >= 15 is 0 Å². The van der Waals surface area contributed by atoms with E-state index in [4.69, 9.17) is 16.3 Å². The summed E-state index contributed by atoms with van der Waals surface area (Å²) in [6.45, 7) is 4.24. The number of carbonyl (C=O) groups is 1. The fourth-order valence-corrected chi connectivity index (χ4v) is 4.38. The zero-order chi connectivity index (χ0) is 23.4. The highest BCUT2D eigenvalue weighted by Crippen LogP contribution is 2.29. The van der Waals surface area contributed by atoms with E-state index in [0.29, 0.717) is 17.2 Å². The number of anilines is 1. The molecule has 1 fully saturated rings.